The number of hydrogen-bond acceptors (Lipinski definition) is 4. The monoisotopic (exact) mass is 235 g/mol. The Bertz CT molecular complexity index is 476. The van der Waals surface area contributed by atoms with Crippen molar-refractivity contribution in [2.24, 2.45) is 0 Å². The summed E-state index contributed by atoms with van der Waals surface area (Å²) < 4.78 is 5.10. The third kappa shape index (κ3) is 2.08. The van der Waals surface area contributed by atoms with Gasteiger partial charge in [0.25, 0.3) is 0 Å². The predicted octanol–water partition coefficient (Wildman–Crippen LogP) is 2.62. The zero-order valence-corrected chi connectivity index (χ0v) is 10.0. The zero-order chi connectivity index (χ0) is 11.5. The van der Waals surface area contributed by atoms with Gasteiger partial charge in [0.1, 0.15) is 10.8 Å². The van der Waals surface area contributed by atoms with Gasteiger partial charge in [0.15, 0.2) is 0 Å². The van der Waals surface area contributed by atoms with Gasteiger partial charge >= 0.3 is 0 Å². The molecule has 2 rings (SSSR count). The molecule has 2 aromatic rings. The molecule has 4 heteroatoms. The summed E-state index contributed by atoms with van der Waals surface area (Å²) in [7, 11) is 1.65. The van der Waals surface area contributed by atoms with Crippen LogP contribution in [0.2, 0.25) is 0 Å². The van der Waals surface area contributed by atoms with Crippen LogP contribution in [0.15, 0.2) is 24.3 Å². The molecule has 0 fully saturated rings. The Morgan fingerprint density at radius 2 is 2.00 bits per heavy atom. The molecule has 3 nitrogen and oxygen atoms in total. The molecule has 0 radical (unpaired) electrons. The number of aromatic nitrogens is 1. The maximum Gasteiger partial charge on any atom is 0.123 e. The van der Waals surface area contributed by atoms with Crippen LogP contribution in [0.4, 0.5) is 0 Å². The van der Waals surface area contributed by atoms with Crippen molar-refractivity contribution in [3.63, 3.8) is 0 Å². The van der Waals surface area contributed by atoms with Crippen LogP contribution in [-0.4, -0.2) is 17.2 Å². The number of hydrogen-bond donors (Lipinski definition) is 1. The van der Waals surface area contributed by atoms with Crippen LogP contribution in [0.1, 0.15) is 10.6 Å². The van der Waals surface area contributed by atoms with Crippen LogP contribution in [-0.2, 0) is 6.61 Å². The topological polar surface area (TPSA) is 42.4 Å². The van der Waals surface area contributed by atoms with Crippen LogP contribution in [0.5, 0.6) is 5.75 Å². The number of aryl methyl sites for hydroxylation is 1. The summed E-state index contributed by atoms with van der Waals surface area (Å²) in [5.74, 6) is 0.833. The standard InChI is InChI=1S/C12H13NO2S/c1-8-11(7-14)13-12(16-8)9-3-5-10(15-2)6-4-9/h3-6,14H,7H2,1-2H3. The van der Waals surface area contributed by atoms with E-state index >= 15 is 0 Å². The lowest BCUT2D eigenvalue weighted by atomic mass is 10.2. The van der Waals surface area contributed by atoms with Crippen molar-refractivity contribution in [1.82, 2.24) is 4.98 Å². The number of aliphatic hydroxyl groups excluding tert-OH is 1. The molecule has 16 heavy (non-hydrogen) atoms. The first-order valence-electron chi connectivity index (χ1n) is 4.96. The van der Waals surface area contributed by atoms with E-state index in [-0.39, 0.29) is 6.61 Å². The molecular weight excluding hydrogens is 222 g/mol. The van der Waals surface area contributed by atoms with Crippen molar-refractivity contribution in [2.75, 3.05) is 7.11 Å². The normalized spacial score (nSPS) is 10.4. The minimum Gasteiger partial charge on any atom is -0.497 e. The number of aliphatic hydroxyl groups is 1. The molecule has 0 saturated carbocycles. The molecular formula is C12H13NO2S. The van der Waals surface area contributed by atoms with E-state index in [9.17, 15) is 0 Å². The van der Waals surface area contributed by atoms with Gasteiger partial charge in [0.2, 0.25) is 0 Å². The fraction of sp³-hybridized carbons (Fsp3) is 0.250. The quantitative estimate of drug-likeness (QED) is 0.889. The first kappa shape index (κ1) is 11.1. The number of ether oxygens (including phenoxy) is 1. The largest absolute Gasteiger partial charge is 0.497 e. The average Bonchev–Trinajstić information content (AvgIpc) is 2.71. The Balaban J connectivity index is 2.34. The van der Waals surface area contributed by atoms with Crippen LogP contribution in [0.25, 0.3) is 10.6 Å². The number of rotatable bonds is 3. The third-order valence-electron chi connectivity index (χ3n) is 2.38. The summed E-state index contributed by atoms with van der Waals surface area (Å²) in [4.78, 5) is 5.44. The molecule has 0 aliphatic heterocycles. The van der Waals surface area contributed by atoms with Gasteiger partial charge < -0.3 is 9.84 Å². The molecule has 0 amide bonds. The van der Waals surface area contributed by atoms with Gasteiger partial charge in [-0.2, -0.15) is 0 Å². The van der Waals surface area contributed by atoms with Gasteiger partial charge in [-0.15, -0.1) is 11.3 Å². The minimum absolute atomic E-state index is 0.00150. The highest BCUT2D eigenvalue weighted by Gasteiger charge is 2.08. The van der Waals surface area contributed by atoms with E-state index in [1.54, 1.807) is 18.4 Å². The first-order chi connectivity index (χ1) is 7.74. The lowest BCUT2D eigenvalue weighted by Gasteiger charge is -1.99. The van der Waals surface area contributed by atoms with E-state index in [2.05, 4.69) is 4.98 Å². The molecule has 1 heterocycles. The summed E-state index contributed by atoms with van der Waals surface area (Å²) in [5, 5.41) is 10.0. The van der Waals surface area contributed by atoms with Crippen LogP contribution < -0.4 is 4.74 Å². The smallest absolute Gasteiger partial charge is 0.123 e. The van der Waals surface area contributed by atoms with Gasteiger partial charge in [-0.1, -0.05) is 0 Å². The number of nitrogens with zero attached hydrogens (tertiary/aromatic N) is 1. The van der Waals surface area contributed by atoms with Gasteiger partial charge in [-0.25, -0.2) is 4.98 Å². The maximum atomic E-state index is 9.09. The highest BCUT2D eigenvalue weighted by atomic mass is 32.1. The summed E-state index contributed by atoms with van der Waals surface area (Å²) in [6.07, 6.45) is 0. The Morgan fingerprint density at radius 3 is 2.50 bits per heavy atom. The SMILES string of the molecule is COc1ccc(-c2nc(CO)c(C)s2)cc1. The van der Waals surface area contributed by atoms with Crippen molar-refractivity contribution in [2.45, 2.75) is 13.5 Å². The van der Waals surface area contributed by atoms with E-state index < -0.39 is 0 Å². The van der Waals surface area contributed by atoms with Crippen LogP contribution >= 0.6 is 11.3 Å². The molecule has 0 bridgehead atoms. The Labute approximate surface area is 98.4 Å². The second-order valence-electron chi connectivity index (χ2n) is 3.41. The fourth-order valence-corrected chi connectivity index (χ4v) is 2.36. The van der Waals surface area contributed by atoms with Gasteiger partial charge in [0.05, 0.1) is 19.4 Å². The highest BCUT2D eigenvalue weighted by Crippen LogP contribution is 2.28. The van der Waals surface area contributed by atoms with Crippen molar-refractivity contribution >= 4 is 11.3 Å². The van der Waals surface area contributed by atoms with Crippen LogP contribution in [0, 0.1) is 6.92 Å². The number of benzene rings is 1. The van der Waals surface area contributed by atoms with E-state index in [0.29, 0.717) is 0 Å². The molecule has 1 aromatic heterocycles. The summed E-state index contributed by atoms with van der Waals surface area (Å²) in [6, 6.07) is 7.76. The number of thiazole rings is 1. The van der Waals surface area contributed by atoms with Gasteiger partial charge in [0, 0.05) is 10.4 Å². The third-order valence-corrected chi connectivity index (χ3v) is 3.44. The Morgan fingerprint density at radius 1 is 1.31 bits per heavy atom. The Hall–Kier alpha value is -1.39. The molecule has 0 atom stereocenters. The fourth-order valence-electron chi connectivity index (χ4n) is 1.43. The molecule has 0 spiro atoms. The lowest BCUT2D eigenvalue weighted by molar-refractivity contribution is 0.277. The average molecular weight is 235 g/mol. The highest BCUT2D eigenvalue weighted by molar-refractivity contribution is 7.15. The summed E-state index contributed by atoms with van der Waals surface area (Å²) in [6.45, 7) is 1.97. The molecule has 0 aliphatic rings. The maximum absolute atomic E-state index is 9.09. The Kier molecular flexibility index (Phi) is 3.22. The van der Waals surface area contributed by atoms with Crippen LogP contribution in [0.3, 0.4) is 0 Å². The molecule has 1 aromatic carbocycles. The minimum atomic E-state index is -0.00150. The van der Waals surface area contributed by atoms with Gasteiger partial charge in [-0.3, -0.25) is 0 Å². The lowest BCUT2D eigenvalue weighted by Crippen LogP contribution is -1.85. The molecule has 0 saturated heterocycles. The van der Waals surface area contributed by atoms with E-state index in [1.807, 2.05) is 31.2 Å². The van der Waals surface area contributed by atoms with Crippen molar-refractivity contribution in [3.8, 4) is 16.3 Å². The summed E-state index contributed by atoms with van der Waals surface area (Å²) in [5.41, 5.74) is 1.81. The predicted molar refractivity (Wildman–Crippen MR) is 64.8 cm³/mol. The van der Waals surface area contributed by atoms with Crippen molar-refractivity contribution in [1.29, 1.82) is 0 Å². The first-order valence-corrected chi connectivity index (χ1v) is 5.78. The van der Waals surface area contributed by atoms with E-state index in [1.165, 1.54) is 0 Å². The van der Waals surface area contributed by atoms with Crippen molar-refractivity contribution in [3.05, 3.63) is 34.8 Å². The van der Waals surface area contributed by atoms with E-state index in [4.69, 9.17) is 9.84 Å². The molecule has 1 N–H and O–H groups in total. The zero-order valence-electron chi connectivity index (χ0n) is 9.23. The second kappa shape index (κ2) is 4.63. The van der Waals surface area contributed by atoms with E-state index in [0.717, 1.165) is 26.9 Å². The second-order valence-corrected chi connectivity index (χ2v) is 4.61. The number of methoxy groups -OCH3 is 1. The molecule has 0 unspecified atom stereocenters. The van der Waals surface area contributed by atoms with Crippen molar-refractivity contribution < 1.29 is 9.84 Å². The molecule has 0 aliphatic carbocycles. The molecule has 84 valence electrons. The summed E-state index contributed by atoms with van der Waals surface area (Å²) >= 11 is 1.59. The van der Waals surface area contributed by atoms with Gasteiger partial charge in [-0.05, 0) is 31.2 Å².